The van der Waals surface area contributed by atoms with Gasteiger partial charge in [0.05, 0.1) is 17.0 Å². The van der Waals surface area contributed by atoms with E-state index in [-0.39, 0.29) is 23.5 Å². The summed E-state index contributed by atoms with van der Waals surface area (Å²) in [6, 6.07) is 0.275. The number of hydrogen-bond acceptors (Lipinski definition) is 5. The van der Waals surface area contributed by atoms with Crippen LogP contribution in [-0.4, -0.2) is 33.5 Å². The number of carbonyl (C=O) groups is 2. The maximum Gasteiger partial charge on any atom is 0.230 e. The Morgan fingerprint density at radius 2 is 1.96 bits per heavy atom. The van der Waals surface area contributed by atoms with E-state index in [1.165, 1.54) is 37.9 Å². The van der Waals surface area contributed by atoms with Gasteiger partial charge in [-0.25, -0.2) is 9.97 Å². The summed E-state index contributed by atoms with van der Waals surface area (Å²) in [5, 5.41) is 3.77. The van der Waals surface area contributed by atoms with Crippen LogP contribution in [0.15, 0.2) is 5.03 Å². The molecule has 0 bridgehead atoms. The SMILES string of the molecule is CCc1nc(C)c(C(C)=O)c(SCC(=O)N[C@H]2CCCC[C@@H]2C)n1. The van der Waals surface area contributed by atoms with E-state index in [4.69, 9.17) is 0 Å². The molecule has 6 heteroatoms. The minimum absolute atomic E-state index is 0.0163. The average Bonchev–Trinajstić information content (AvgIpc) is 2.54. The van der Waals surface area contributed by atoms with Crippen LogP contribution in [0.1, 0.15) is 68.3 Å². The first-order chi connectivity index (χ1) is 11.4. The number of hydrogen-bond donors (Lipinski definition) is 1. The van der Waals surface area contributed by atoms with E-state index in [2.05, 4.69) is 22.2 Å². The third-order valence-corrected chi connectivity index (χ3v) is 5.54. The van der Waals surface area contributed by atoms with Gasteiger partial charge in [-0.15, -0.1) is 0 Å². The molecule has 132 valence electrons. The van der Waals surface area contributed by atoms with E-state index in [9.17, 15) is 9.59 Å². The highest BCUT2D eigenvalue weighted by Crippen LogP contribution is 2.25. The number of Topliss-reactive ketones (excluding diaryl/α,β-unsaturated/α-hetero) is 1. The molecule has 1 aliphatic carbocycles. The van der Waals surface area contributed by atoms with Gasteiger partial charge in [0.25, 0.3) is 0 Å². The second kappa shape index (κ2) is 8.60. The molecule has 1 saturated carbocycles. The zero-order valence-corrected chi connectivity index (χ0v) is 15.8. The summed E-state index contributed by atoms with van der Waals surface area (Å²) in [4.78, 5) is 33.0. The quantitative estimate of drug-likeness (QED) is 0.484. The van der Waals surface area contributed by atoms with Gasteiger partial charge >= 0.3 is 0 Å². The summed E-state index contributed by atoms with van der Waals surface area (Å²) in [7, 11) is 0. The van der Waals surface area contributed by atoms with E-state index in [1.807, 2.05) is 13.8 Å². The highest BCUT2D eigenvalue weighted by Gasteiger charge is 2.23. The number of nitrogens with one attached hydrogen (secondary N) is 1. The number of amides is 1. The van der Waals surface area contributed by atoms with Crippen LogP contribution in [0.4, 0.5) is 0 Å². The van der Waals surface area contributed by atoms with Gasteiger partial charge < -0.3 is 5.32 Å². The zero-order valence-electron chi connectivity index (χ0n) is 15.0. The normalized spacial score (nSPS) is 20.7. The van der Waals surface area contributed by atoms with Crippen LogP contribution in [0.3, 0.4) is 0 Å². The highest BCUT2D eigenvalue weighted by molar-refractivity contribution is 8.00. The molecule has 0 aromatic carbocycles. The Balaban J connectivity index is 2.03. The topological polar surface area (TPSA) is 72.0 Å². The van der Waals surface area contributed by atoms with E-state index < -0.39 is 0 Å². The van der Waals surface area contributed by atoms with Crippen molar-refractivity contribution < 1.29 is 9.59 Å². The molecule has 1 amide bonds. The van der Waals surface area contributed by atoms with Crippen molar-refractivity contribution in [1.29, 1.82) is 0 Å². The standard InChI is InChI=1S/C18H27N3O2S/c1-5-15-19-12(3)17(13(4)22)18(21-15)24-10-16(23)20-14-9-7-6-8-11(14)2/h11,14H,5-10H2,1-4H3,(H,20,23)/t11-,14-/m0/s1. The molecule has 1 aliphatic rings. The molecule has 1 aromatic heterocycles. The Labute approximate surface area is 148 Å². The fourth-order valence-corrected chi connectivity index (χ4v) is 4.14. The molecule has 2 rings (SSSR count). The Hall–Kier alpha value is -1.43. The Morgan fingerprint density at radius 1 is 1.25 bits per heavy atom. The molecular weight excluding hydrogens is 322 g/mol. The van der Waals surface area contributed by atoms with Crippen LogP contribution in [0.25, 0.3) is 0 Å². The fraction of sp³-hybridized carbons (Fsp3) is 0.667. The molecule has 0 radical (unpaired) electrons. The lowest BCUT2D eigenvalue weighted by molar-refractivity contribution is -0.119. The smallest absolute Gasteiger partial charge is 0.230 e. The molecule has 2 atom stereocenters. The van der Waals surface area contributed by atoms with Crippen LogP contribution >= 0.6 is 11.8 Å². The van der Waals surface area contributed by atoms with Gasteiger partial charge in [-0.1, -0.05) is 38.5 Å². The minimum atomic E-state index is -0.0565. The summed E-state index contributed by atoms with van der Waals surface area (Å²) in [6.07, 6.45) is 5.38. The van der Waals surface area contributed by atoms with Gasteiger partial charge in [0.15, 0.2) is 5.78 Å². The van der Waals surface area contributed by atoms with Crippen LogP contribution in [0, 0.1) is 12.8 Å². The van der Waals surface area contributed by atoms with Gasteiger partial charge in [-0.05, 0) is 32.6 Å². The minimum Gasteiger partial charge on any atom is -0.352 e. The molecule has 1 aromatic rings. The first kappa shape index (κ1) is 18.9. The van der Waals surface area contributed by atoms with E-state index in [1.54, 1.807) is 0 Å². The van der Waals surface area contributed by atoms with E-state index >= 15 is 0 Å². The molecule has 0 aliphatic heterocycles. The molecule has 0 saturated heterocycles. The van der Waals surface area contributed by atoms with Crippen molar-refractivity contribution >= 4 is 23.5 Å². The van der Waals surface area contributed by atoms with Crippen LogP contribution < -0.4 is 5.32 Å². The number of ketones is 1. The second-order valence-corrected chi connectivity index (χ2v) is 7.50. The molecule has 1 N–H and O–H groups in total. The number of nitrogens with zero attached hydrogens (tertiary/aromatic N) is 2. The summed E-state index contributed by atoms with van der Waals surface area (Å²) >= 11 is 1.33. The van der Waals surface area contributed by atoms with E-state index in [0.29, 0.717) is 34.4 Å². The number of aryl methyl sites for hydroxylation is 2. The molecular formula is C18H27N3O2S. The third-order valence-electron chi connectivity index (χ3n) is 4.57. The lowest BCUT2D eigenvalue weighted by Crippen LogP contribution is -2.41. The molecule has 1 heterocycles. The van der Waals surface area contributed by atoms with Gasteiger partial charge in [0.2, 0.25) is 5.91 Å². The average molecular weight is 350 g/mol. The Bertz CT molecular complexity index is 619. The van der Waals surface area contributed by atoms with Crippen LogP contribution in [-0.2, 0) is 11.2 Å². The zero-order chi connectivity index (χ0) is 17.7. The monoisotopic (exact) mass is 349 g/mol. The molecule has 24 heavy (non-hydrogen) atoms. The summed E-state index contributed by atoms with van der Waals surface area (Å²) < 4.78 is 0. The van der Waals surface area contributed by atoms with E-state index in [0.717, 1.165) is 6.42 Å². The number of rotatable bonds is 6. The van der Waals surface area contributed by atoms with Crippen molar-refractivity contribution in [2.24, 2.45) is 5.92 Å². The summed E-state index contributed by atoms with van der Waals surface area (Å²) in [5.74, 6) is 1.49. The largest absolute Gasteiger partial charge is 0.352 e. The molecule has 0 spiro atoms. The lowest BCUT2D eigenvalue weighted by atomic mass is 9.86. The first-order valence-corrected chi connectivity index (χ1v) is 9.71. The molecule has 5 nitrogen and oxygen atoms in total. The van der Waals surface area contributed by atoms with Crippen LogP contribution in [0.2, 0.25) is 0 Å². The first-order valence-electron chi connectivity index (χ1n) is 8.73. The fourth-order valence-electron chi connectivity index (χ4n) is 3.18. The lowest BCUT2D eigenvalue weighted by Gasteiger charge is -2.29. The van der Waals surface area contributed by atoms with Crippen molar-refractivity contribution in [3.8, 4) is 0 Å². The third kappa shape index (κ3) is 4.79. The predicted octanol–water partition coefficient (Wildman–Crippen LogP) is 3.34. The van der Waals surface area contributed by atoms with Crippen molar-refractivity contribution in [2.75, 3.05) is 5.75 Å². The van der Waals surface area contributed by atoms with Gasteiger partial charge in [0.1, 0.15) is 10.9 Å². The highest BCUT2D eigenvalue weighted by atomic mass is 32.2. The maximum absolute atomic E-state index is 12.3. The van der Waals surface area contributed by atoms with Crippen molar-refractivity contribution in [3.05, 3.63) is 17.1 Å². The summed E-state index contributed by atoms with van der Waals surface area (Å²) in [6.45, 7) is 7.52. The predicted molar refractivity (Wildman–Crippen MR) is 96.4 cm³/mol. The Morgan fingerprint density at radius 3 is 2.58 bits per heavy atom. The van der Waals surface area contributed by atoms with Crippen LogP contribution in [0.5, 0.6) is 0 Å². The number of aromatic nitrogens is 2. The maximum atomic E-state index is 12.3. The Kier molecular flexibility index (Phi) is 6.78. The number of thioether (sulfide) groups is 1. The van der Waals surface area contributed by atoms with Gasteiger partial charge in [-0.3, -0.25) is 9.59 Å². The van der Waals surface area contributed by atoms with Gasteiger partial charge in [0, 0.05) is 12.5 Å². The van der Waals surface area contributed by atoms with Gasteiger partial charge in [-0.2, -0.15) is 0 Å². The number of carbonyl (C=O) groups excluding carboxylic acids is 2. The molecule has 0 unspecified atom stereocenters. The second-order valence-electron chi connectivity index (χ2n) is 6.54. The van der Waals surface area contributed by atoms with Crippen molar-refractivity contribution in [3.63, 3.8) is 0 Å². The summed E-state index contributed by atoms with van der Waals surface area (Å²) in [5.41, 5.74) is 1.23. The van der Waals surface area contributed by atoms with Crippen molar-refractivity contribution in [1.82, 2.24) is 15.3 Å². The van der Waals surface area contributed by atoms with Crippen molar-refractivity contribution in [2.45, 2.75) is 70.9 Å². The molecule has 1 fully saturated rings.